The van der Waals surface area contributed by atoms with Gasteiger partial charge in [0.2, 0.25) is 8.32 Å². The summed E-state index contributed by atoms with van der Waals surface area (Å²) in [7, 11) is -1.79. The fraction of sp³-hybridized carbons (Fsp3) is 0.647. The molecular weight excluding hydrogens is 264 g/mol. The summed E-state index contributed by atoms with van der Waals surface area (Å²) >= 11 is 0. The van der Waals surface area contributed by atoms with E-state index in [1.807, 2.05) is 12.1 Å². The van der Waals surface area contributed by atoms with E-state index in [0.717, 1.165) is 30.6 Å². The zero-order valence-corrected chi connectivity index (χ0v) is 14.9. The first-order chi connectivity index (χ1) is 9.21. The van der Waals surface area contributed by atoms with E-state index in [0.29, 0.717) is 0 Å². The highest BCUT2D eigenvalue weighted by atomic mass is 28.4. The van der Waals surface area contributed by atoms with E-state index in [-0.39, 0.29) is 11.6 Å². The largest absolute Gasteiger partial charge is 0.543 e. The van der Waals surface area contributed by atoms with Crippen LogP contribution in [0.5, 0.6) is 5.75 Å². The molecule has 0 bridgehead atoms. The molecular formula is C17H30O2Si. The lowest BCUT2D eigenvalue weighted by atomic mass is 10.0. The molecule has 3 heteroatoms. The summed E-state index contributed by atoms with van der Waals surface area (Å²) in [6.07, 6.45) is 3.33. The van der Waals surface area contributed by atoms with Crippen LogP contribution in [0.3, 0.4) is 0 Å². The highest BCUT2D eigenvalue weighted by molar-refractivity contribution is 6.74. The summed E-state index contributed by atoms with van der Waals surface area (Å²) in [5, 5.41) is 9.64. The van der Waals surface area contributed by atoms with Gasteiger partial charge in [-0.25, -0.2) is 0 Å². The highest BCUT2D eigenvalue weighted by Gasteiger charge is 2.38. The zero-order valence-electron chi connectivity index (χ0n) is 13.9. The predicted octanol–water partition coefficient (Wildman–Crippen LogP) is 4.91. The Morgan fingerprint density at radius 2 is 1.80 bits per heavy atom. The van der Waals surface area contributed by atoms with Gasteiger partial charge in [-0.3, -0.25) is 0 Å². The van der Waals surface area contributed by atoms with Crippen molar-refractivity contribution < 1.29 is 9.53 Å². The maximum atomic E-state index is 9.44. The average Bonchev–Trinajstić information content (AvgIpc) is 2.34. The van der Waals surface area contributed by atoms with Crippen molar-refractivity contribution in [3.8, 4) is 5.75 Å². The van der Waals surface area contributed by atoms with Crippen molar-refractivity contribution in [1.29, 1.82) is 0 Å². The Labute approximate surface area is 125 Å². The van der Waals surface area contributed by atoms with E-state index in [1.165, 1.54) is 5.56 Å². The van der Waals surface area contributed by atoms with Crippen LogP contribution in [0.4, 0.5) is 0 Å². The highest BCUT2D eigenvalue weighted by Crippen LogP contribution is 2.37. The smallest absolute Gasteiger partial charge is 0.250 e. The molecule has 0 saturated heterocycles. The van der Waals surface area contributed by atoms with Gasteiger partial charge in [0, 0.05) is 0 Å². The molecule has 0 aliphatic rings. The summed E-state index contributed by atoms with van der Waals surface area (Å²) in [4.78, 5) is 0. The minimum atomic E-state index is -1.79. The Morgan fingerprint density at radius 3 is 2.30 bits per heavy atom. The van der Waals surface area contributed by atoms with Gasteiger partial charge in [-0.05, 0) is 54.2 Å². The minimum absolute atomic E-state index is 0.111. The van der Waals surface area contributed by atoms with Crippen LogP contribution in [0.15, 0.2) is 18.2 Å². The Balaban J connectivity index is 2.97. The number of aliphatic hydroxyl groups excluding tert-OH is 1. The van der Waals surface area contributed by atoms with Gasteiger partial charge in [-0.1, -0.05) is 40.2 Å². The Hall–Kier alpha value is -0.803. The summed E-state index contributed by atoms with van der Waals surface area (Å²) in [6.45, 7) is 13.6. The molecule has 0 amide bonds. The van der Waals surface area contributed by atoms with Gasteiger partial charge in [0.1, 0.15) is 5.75 Å². The second-order valence-corrected chi connectivity index (χ2v) is 11.8. The van der Waals surface area contributed by atoms with Crippen LogP contribution in [0.2, 0.25) is 18.1 Å². The first-order valence-corrected chi connectivity index (χ1v) is 10.5. The van der Waals surface area contributed by atoms with E-state index in [9.17, 15) is 5.11 Å². The molecule has 0 aliphatic heterocycles. The molecule has 0 atom stereocenters. The van der Waals surface area contributed by atoms with Crippen molar-refractivity contribution in [1.82, 2.24) is 0 Å². The van der Waals surface area contributed by atoms with Gasteiger partial charge in [-0.15, -0.1) is 0 Å². The standard InChI is InChI=1S/C17H30O2Si/c1-7-8-9-14-12-16(11-10-15(14)13-18)19-20(5,6)17(2,3)4/h10-12,18H,7-9,13H2,1-6H3. The number of hydrogen-bond donors (Lipinski definition) is 1. The van der Waals surface area contributed by atoms with Gasteiger partial charge < -0.3 is 9.53 Å². The third-order valence-corrected chi connectivity index (χ3v) is 8.69. The maximum absolute atomic E-state index is 9.44. The van der Waals surface area contributed by atoms with Crippen LogP contribution in [-0.2, 0) is 13.0 Å². The second kappa shape index (κ2) is 6.77. The Bertz CT molecular complexity index is 433. The van der Waals surface area contributed by atoms with E-state index in [4.69, 9.17) is 4.43 Å². The van der Waals surface area contributed by atoms with Crippen LogP contribution in [0.1, 0.15) is 51.7 Å². The van der Waals surface area contributed by atoms with Gasteiger partial charge in [0.15, 0.2) is 0 Å². The topological polar surface area (TPSA) is 29.5 Å². The molecule has 1 N–H and O–H groups in total. The second-order valence-electron chi connectivity index (χ2n) is 7.05. The van der Waals surface area contributed by atoms with E-state index in [1.54, 1.807) is 0 Å². The lowest BCUT2D eigenvalue weighted by Crippen LogP contribution is -2.43. The third-order valence-electron chi connectivity index (χ3n) is 4.33. The molecule has 0 unspecified atom stereocenters. The summed E-state index contributed by atoms with van der Waals surface area (Å²) in [5.74, 6) is 0.958. The van der Waals surface area contributed by atoms with Crippen molar-refractivity contribution in [3.63, 3.8) is 0 Å². The molecule has 20 heavy (non-hydrogen) atoms. The van der Waals surface area contributed by atoms with Crippen LogP contribution < -0.4 is 4.43 Å². The number of aryl methyl sites for hydroxylation is 1. The predicted molar refractivity (Wildman–Crippen MR) is 88.8 cm³/mol. The number of rotatable bonds is 6. The molecule has 0 heterocycles. The number of hydrogen-bond acceptors (Lipinski definition) is 2. The fourth-order valence-corrected chi connectivity index (χ4v) is 2.89. The number of aliphatic hydroxyl groups is 1. The molecule has 2 nitrogen and oxygen atoms in total. The number of benzene rings is 1. The van der Waals surface area contributed by atoms with Crippen LogP contribution in [0.25, 0.3) is 0 Å². The molecule has 0 spiro atoms. The SMILES string of the molecule is CCCCc1cc(O[Si](C)(C)C(C)(C)C)ccc1CO. The minimum Gasteiger partial charge on any atom is -0.543 e. The van der Waals surface area contributed by atoms with E-state index >= 15 is 0 Å². The molecule has 0 aliphatic carbocycles. The molecule has 0 saturated carbocycles. The van der Waals surface area contributed by atoms with E-state index in [2.05, 4.69) is 46.9 Å². The lowest BCUT2D eigenvalue weighted by Gasteiger charge is -2.36. The first-order valence-electron chi connectivity index (χ1n) is 7.63. The van der Waals surface area contributed by atoms with Crippen LogP contribution in [-0.4, -0.2) is 13.4 Å². The molecule has 0 aromatic heterocycles. The van der Waals surface area contributed by atoms with Crippen molar-refractivity contribution in [3.05, 3.63) is 29.3 Å². The van der Waals surface area contributed by atoms with Crippen molar-refractivity contribution in [2.24, 2.45) is 0 Å². The maximum Gasteiger partial charge on any atom is 0.250 e. The van der Waals surface area contributed by atoms with Crippen molar-refractivity contribution in [2.45, 2.75) is 71.7 Å². The normalized spacial score (nSPS) is 12.6. The molecule has 0 radical (unpaired) electrons. The lowest BCUT2D eigenvalue weighted by molar-refractivity contribution is 0.280. The third kappa shape index (κ3) is 4.35. The molecule has 1 aromatic carbocycles. The Morgan fingerprint density at radius 1 is 1.15 bits per heavy atom. The van der Waals surface area contributed by atoms with E-state index < -0.39 is 8.32 Å². The molecule has 0 fully saturated rings. The first kappa shape index (κ1) is 17.2. The van der Waals surface area contributed by atoms with Crippen molar-refractivity contribution in [2.75, 3.05) is 0 Å². The van der Waals surface area contributed by atoms with Gasteiger partial charge in [0.05, 0.1) is 6.61 Å². The number of unbranched alkanes of at least 4 members (excludes halogenated alkanes) is 1. The van der Waals surface area contributed by atoms with Crippen LogP contribution >= 0.6 is 0 Å². The van der Waals surface area contributed by atoms with Gasteiger partial charge in [0.25, 0.3) is 0 Å². The summed E-state index contributed by atoms with van der Waals surface area (Å²) < 4.78 is 6.34. The Kier molecular flexibility index (Phi) is 5.84. The van der Waals surface area contributed by atoms with Gasteiger partial charge >= 0.3 is 0 Å². The van der Waals surface area contributed by atoms with Crippen LogP contribution in [0, 0.1) is 0 Å². The average molecular weight is 295 g/mol. The zero-order chi connectivity index (χ0) is 15.4. The summed E-state index contributed by atoms with van der Waals surface area (Å²) in [5.41, 5.74) is 2.26. The molecule has 114 valence electrons. The molecule has 1 rings (SSSR count). The quantitative estimate of drug-likeness (QED) is 0.756. The fourth-order valence-electron chi connectivity index (χ4n) is 1.87. The molecule has 1 aromatic rings. The van der Waals surface area contributed by atoms with Gasteiger partial charge in [-0.2, -0.15) is 0 Å². The summed E-state index contributed by atoms with van der Waals surface area (Å²) in [6, 6.07) is 6.14. The monoisotopic (exact) mass is 294 g/mol. The van der Waals surface area contributed by atoms with Crippen molar-refractivity contribution >= 4 is 8.32 Å².